The highest BCUT2D eigenvalue weighted by Gasteiger charge is 2.12. The predicted octanol–water partition coefficient (Wildman–Crippen LogP) is 5.94. The SMILES string of the molecule is CC(Cc1ccccc1F)Nc1c(Cl)cc(Br)cc1Cl. The zero-order valence-electron chi connectivity index (χ0n) is 10.8. The average molecular weight is 377 g/mol. The van der Waals surface area contributed by atoms with Crippen molar-refractivity contribution in [2.24, 2.45) is 0 Å². The summed E-state index contributed by atoms with van der Waals surface area (Å²) in [6.07, 6.45) is 0.551. The number of nitrogens with one attached hydrogen (secondary N) is 1. The third kappa shape index (κ3) is 3.87. The molecule has 5 heteroatoms. The van der Waals surface area contributed by atoms with Gasteiger partial charge in [0.25, 0.3) is 0 Å². The molecule has 2 rings (SSSR count). The maximum Gasteiger partial charge on any atom is 0.126 e. The van der Waals surface area contributed by atoms with Crippen LogP contribution in [-0.4, -0.2) is 6.04 Å². The maximum atomic E-state index is 13.6. The first-order valence-corrected chi connectivity index (χ1v) is 7.66. The topological polar surface area (TPSA) is 12.0 Å². The van der Waals surface area contributed by atoms with E-state index in [-0.39, 0.29) is 11.9 Å². The summed E-state index contributed by atoms with van der Waals surface area (Å²) in [5.41, 5.74) is 1.33. The lowest BCUT2D eigenvalue weighted by molar-refractivity contribution is 0.601. The largest absolute Gasteiger partial charge is 0.380 e. The van der Waals surface area contributed by atoms with Gasteiger partial charge in [-0.25, -0.2) is 4.39 Å². The molecule has 0 saturated heterocycles. The second kappa shape index (κ2) is 6.79. The van der Waals surface area contributed by atoms with Gasteiger partial charge in [-0.15, -0.1) is 0 Å². The molecule has 2 aromatic rings. The molecule has 0 aromatic heterocycles. The number of halogens is 4. The van der Waals surface area contributed by atoms with Gasteiger partial charge in [0.2, 0.25) is 0 Å². The van der Waals surface area contributed by atoms with Crippen molar-refractivity contribution in [2.45, 2.75) is 19.4 Å². The number of benzene rings is 2. The highest BCUT2D eigenvalue weighted by Crippen LogP contribution is 2.34. The minimum absolute atomic E-state index is 0.00285. The number of rotatable bonds is 4. The Balaban J connectivity index is 2.13. The summed E-state index contributed by atoms with van der Waals surface area (Å²) in [4.78, 5) is 0. The van der Waals surface area contributed by atoms with Crippen molar-refractivity contribution in [3.8, 4) is 0 Å². The van der Waals surface area contributed by atoms with Gasteiger partial charge >= 0.3 is 0 Å². The minimum Gasteiger partial charge on any atom is -0.380 e. The van der Waals surface area contributed by atoms with Crippen molar-refractivity contribution >= 4 is 44.8 Å². The van der Waals surface area contributed by atoms with E-state index in [1.807, 2.05) is 13.0 Å². The Bertz CT molecular complexity index is 596. The van der Waals surface area contributed by atoms with Crippen LogP contribution in [0, 0.1) is 5.82 Å². The Hall–Kier alpha value is -0.770. The molecule has 2 aromatic carbocycles. The van der Waals surface area contributed by atoms with E-state index in [1.165, 1.54) is 6.07 Å². The van der Waals surface area contributed by atoms with Crippen molar-refractivity contribution in [1.82, 2.24) is 0 Å². The fourth-order valence-corrected chi connectivity index (χ4v) is 3.29. The van der Waals surface area contributed by atoms with E-state index in [0.29, 0.717) is 27.7 Å². The van der Waals surface area contributed by atoms with Gasteiger partial charge in [-0.1, -0.05) is 57.3 Å². The second-order valence-electron chi connectivity index (χ2n) is 4.59. The van der Waals surface area contributed by atoms with Crippen LogP contribution >= 0.6 is 39.1 Å². The van der Waals surface area contributed by atoms with E-state index >= 15 is 0 Å². The first-order valence-electron chi connectivity index (χ1n) is 6.12. The van der Waals surface area contributed by atoms with Crippen LogP contribution in [0.15, 0.2) is 40.9 Å². The summed E-state index contributed by atoms with van der Waals surface area (Å²) in [6.45, 7) is 1.96. The smallest absolute Gasteiger partial charge is 0.126 e. The summed E-state index contributed by atoms with van der Waals surface area (Å²) >= 11 is 15.7. The lowest BCUT2D eigenvalue weighted by Gasteiger charge is -2.18. The summed E-state index contributed by atoms with van der Waals surface area (Å²) < 4.78 is 14.4. The molecule has 0 aliphatic rings. The van der Waals surface area contributed by atoms with Gasteiger partial charge in [0.15, 0.2) is 0 Å². The summed E-state index contributed by atoms with van der Waals surface area (Å²) in [5, 5.41) is 4.29. The molecule has 0 saturated carbocycles. The van der Waals surface area contributed by atoms with Gasteiger partial charge in [-0.3, -0.25) is 0 Å². The highest BCUT2D eigenvalue weighted by atomic mass is 79.9. The van der Waals surface area contributed by atoms with E-state index in [9.17, 15) is 4.39 Å². The number of anilines is 1. The molecule has 106 valence electrons. The van der Waals surface area contributed by atoms with Gasteiger partial charge in [0.1, 0.15) is 5.82 Å². The average Bonchev–Trinajstić information content (AvgIpc) is 2.36. The van der Waals surface area contributed by atoms with Crippen LogP contribution in [0.4, 0.5) is 10.1 Å². The first kappa shape index (κ1) is 15.6. The van der Waals surface area contributed by atoms with E-state index in [1.54, 1.807) is 24.3 Å². The lowest BCUT2D eigenvalue weighted by Crippen LogP contribution is -2.19. The second-order valence-corrected chi connectivity index (χ2v) is 6.32. The van der Waals surface area contributed by atoms with E-state index in [0.717, 1.165) is 4.47 Å². The van der Waals surface area contributed by atoms with Gasteiger partial charge in [0.05, 0.1) is 15.7 Å². The molecule has 0 amide bonds. The summed E-state index contributed by atoms with van der Waals surface area (Å²) in [6, 6.07) is 10.3. The third-order valence-corrected chi connectivity index (χ3v) is 3.94. The number of hydrogen-bond donors (Lipinski definition) is 1. The monoisotopic (exact) mass is 375 g/mol. The molecule has 0 aliphatic heterocycles. The fourth-order valence-electron chi connectivity index (χ4n) is 1.97. The zero-order valence-corrected chi connectivity index (χ0v) is 13.9. The predicted molar refractivity (Wildman–Crippen MR) is 87.4 cm³/mol. The van der Waals surface area contributed by atoms with Crippen molar-refractivity contribution in [2.75, 3.05) is 5.32 Å². The maximum absolute atomic E-state index is 13.6. The van der Waals surface area contributed by atoms with Gasteiger partial charge < -0.3 is 5.32 Å². The van der Waals surface area contributed by atoms with Gasteiger partial charge in [-0.05, 0) is 37.1 Å². The zero-order chi connectivity index (χ0) is 14.7. The molecular weight excluding hydrogens is 364 g/mol. The van der Waals surface area contributed by atoms with Crippen molar-refractivity contribution in [3.05, 3.63) is 62.3 Å². The molecule has 0 radical (unpaired) electrons. The molecule has 0 fully saturated rings. The van der Waals surface area contributed by atoms with E-state index in [2.05, 4.69) is 21.2 Å². The Labute approximate surface area is 136 Å². The van der Waals surface area contributed by atoms with Crippen LogP contribution in [-0.2, 0) is 6.42 Å². The summed E-state index contributed by atoms with van der Waals surface area (Å²) in [5.74, 6) is -0.200. The van der Waals surface area contributed by atoms with Crippen molar-refractivity contribution in [3.63, 3.8) is 0 Å². The molecule has 20 heavy (non-hydrogen) atoms. The molecule has 0 heterocycles. The van der Waals surface area contributed by atoms with Crippen LogP contribution in [0.25, 0.3) is 0 Å². The van der Waals surface area contributed by atoms with Crippen LogP contribution in [0.1, 0.15) is 12.5 Å². The molecule has 0 spiro atoms. The van der Waals surface area contributed by atoms with Crippen LogP contribution in [0.3, 0.4) is 0 Å². The van der Waals surface area contributed by atoms with Gasteiger partial charge in [0, 0.05) is 10.5 Å². The van der Waals surface area contributed by atoms with E-state index < -0.39 is 0 Å². The lowest BCUT2D eigenvalue weighted by atomic mass is 10.1. The molecule has 1 N–H and O–H groups in total. The Kier molecular flexibility index (Phi) is 5.30. The summed E-state index contributed by atoms with van der Waals surface area (Å²) in [7, 11) is 0. The van der Waals surface area contributed by atoms with Crippen LogP contribution in [0.2, 0.25) is 10.0 Å². The number of hydrogen-bond acceptors (Lipinski definition) is 1. The fraction of sp³-hybridized carbons (Fsp3) is 0.200. The molecule has 0 aliphatic carbocycles. The van der Waals surface area contributed by atoms with E-state index in [4.69, 9.17) is 23.2 Å². The molecule has 1 nitrogen and oxygen atoms in total. The first-order chi connectivity index (χ1) is 9.47. The molecule has 1 atom stereocenters. The van der Waals surface area contributed by atoms with Crippen molar-refractivity contribution in [1.29, 1.82) is 0 Å². The van der Waals surface area contributed by atoms with Crippen LogP contribution in [0.5, 0.6) is 0 Å². The van der Waals surface area contributed by atoms with Crippen molar-refractivity contribution < 1.29 is 4.39 Å². The standard InChI is InChI=1S/C15H13BrCl2FN/c1-9(6-10-4-2-3-5-14(10)19)20-15-12(17)7-11(16)8-13(15)18/h2-5,7-9,20H,6H2,1H3. The normalized spacial score (nSPS) is 12.2. The minimum atomic E-state index is -0.200. The highest BCUT2D eigenvalue weighted by molar-refractivity contribution is 9.10. The molecule has 1 unspecified atom stereocenters. The van der Waals surface area contributed by atoms with Gasteiger partial charge in [-0.2, -0.15) is 0 Å². The molecule has 0 bridgehead atoms. The van der Waals surface area contributed by atoms with Crippen LogP contribution < -0.4 is 5.32 Å². The third-order valence-electron chi connectivity index (χ3n) is 2.88. The Morgan fingerprint density at radius 2 is 1.80 bits per heavy atom. The Morgan fingerprint density at radius 1 is 1.20 bits per heavy atom. The Morgan fingerprint density at radius 3 is 2.40 bits per heavy atom. The quantitative estimate of drug-likeness (QED) is 0.696. The molecular formula is C15H13BrCl2FN.